The number of rotatable bonds is 5. The molecule has 1 atom stereocenters. The normalized spacial score (nSPS) is 19.2. The van der Waals surface area contributed by atoms with Crippen molar-refractivity contribution in [1.29, 1.82) is 0 Å². The number of hydrogen-bond donors (Lipinski definition) is 2. The van der Waals surface area contributed by atoms with Gasteiger partial charge >= 0.3 is 0 Å². The van der Waals surface area contributed by atoms with E-state index in [1.54, 1.807) is 39.8 Å². The molecular weight excluding hydrogens is 553 g/mol. The van der Waals surface area contributed by atoms with Gasteiger partial charge in [-0.1, -0.05) is 35.3 Å². The fraction of sp³-hybridized carbons (Fsp3) is 0.345. The van der Waals surface area contributed by atoms with E-state index in [1.165, 1.54) is 10.9 Å². The van der Waals surface area contributed by atoms with E-state index in [-0.39, 0.29) is 24.1 Å². The molecule has 40 heavy (non-hydrogen) atoms. The van der Waals surface area contributed by atoms with E-state index in [0.717, 1.165) is 17.8 Å². The van der Waals surface area contributed by atoms with Gasteiger partial charge in [-0.25, -0.2) is 4.98 Å². The third kappa shape index (κ3) is 5.27. The predicted molar refractivity (Wildman–Crippen MR) is 153 cm³/mol. The zero-order valence-electron chi connectivity index (χ0n) is 21.7. The molecular formula is C29H29Cl2N5O4. The molecule has 2 N–H and O–H groups in total. The van der Waals surface area contributed by atoms with Crippen molar-refractivity contribution in [2.24, 2.45) is 0 Å². The van der Waals surface area contributed by atoms with Crippen molar-refractivity contribution in [2.75, 3.05) is 32.8 Å². The number of amides is 1. The number of nitrogens with zero attached hydrogens (tertiary/aromatic N) is 4. The number of ether oxygens (including phenoxy) is 1. The standard InChI is InChI=1S/C29H29Cl2N5O4/c30-21-5-1-20(2-6-21)27(37)34-12-9-29(39,10-13-34)17-35-18-33-26-23(28(35)38)15-25(31)36(26)22-7-3-19(4-8-22)24-16-40-14-11-32-24/h1-8,15,18,24,32,39H,9-14,16-17H2. The lowest BCUT2D eigenvalue weighted by Gasteiger charge is -2.38. The molecule has 0 spiro atoms. The number of carbonyl (C=O) groups excluding carboxylic acids is 1. The lowest BCUT2D eigenvalue weighted by molar-refractivity contribution is -0.0299. The molecule has 1 amide bonds. The Labute approximate surface area is 240 Å². The number of benzene rings is 2. The number of fused-ring (bicyclic) bond motifs is 1. The van der Waals surface area contributed by atoms with E-state index in [1.807, 2.05) is 24.3 Å². The molecule has 2 fully saturated rings. The Hall–Kier alpha value is -3.21. The average Bonchev–Trinajstić information content (AvgIpc) is 3.32. The number of nitrogens with one attached hydrogen (secondary N) is 1. The molecule has 0 bridgehead atoms. The molecule has 2 aliphatic rings. The third-order valence-electron chi connectivity index (χ3n) is 7.75. The zero-order valence-corrected chi connectivity index (χ0v) is 23.2. The molecule has 2 aromatic carbocycles. The van der Waals surface area contributed by atoms with Crippen LogP contribution in [0.5, 0.6) is 0 Å². The van der Waals surface area contributed by atoms with E-state index in [0.29, 0.717) is 65.9 Å². The largest absolute Gasteiger partial charge is 0.388 e. The highest BCUT2D eigenvalue weighted by molar-refractivity contribution is 6.31. The lowest BCUT2D eigenvalue weighted by Crippen LogP contribution is -2.49. The Bertz CT molecular complexity index is 1590. The minimum absolute atomic E-state index is 0.0751. The van der Waals surface area contributed by atoms with E-state index in [9.17, 15) is 14.7 Å². The van der Waals surface area contributed by atoms with Crippen LogP contribution in [0.4, 0.5) is 0 Å². The molecule has 4 heterocycles. The number of carbonyl (C=O) groups is 1. The number of likely N-dealkylation sites (tertiary alicyclic amines) is 1. The van der Waals surface area contributed by atoms with Crippen molar-refractivity contribution in [1.82, 2.24) is 24.3 Å². The highest BCUT2D eigenvalue weighted by Gasteiger charge is 2.35. The van der Waals surface area contributed by atoms with Gasteiger partial charge in [0.25, 0.3) is 11.5 Å². The molecule has 2 aliphatic heterocycles. The Morgan fingerprint density at radius 2 is 1.82 bits per heavy atom. The van der Waals surface area contributed by atoms with Crippen LogP contribution in [0, 0.1) is 0 Å². The first-order valence-electron chi connectivity index (χ1n) is 13.3. The van der Waals surface area contributed by atoms with Crippen molar-refractivity contribution in [3.8, 4) is 5.69 Å². The van der Waals surface area contributed by atoms with Gasteiger partial charge in [0.15, 0.2) is 5.65 Å². The summed E-state index contributed by atoms with van der Waals surface area (Å²) in [5.41, 5.74) is 1.49. The fourth-order valence-electron chi connectivity index (χ4n) is 5.46. The summed E-state index contributed by atoms with van der Waals surface area (Å²) >= 11 is 12.5. The van der Waals surface area contributed by atoms with Gasteiger partial charge in [0.05, 0.1) is 36.8 Å². The topological polar surface area (TPSA) is 102 Å². The van der Waals surface area contributed by atoms with Gasteiger partial charge < -0.3 is 20.1 Å². The van der Waals surface area contributed by atoms with Crippen molar-refractivity contribution in [3.63, 3.8) is 0 Å². The second kappa shape index (κ2) is 11.0. The summed E-state index contributed by atoms with van der Waals surface area (Å²) < 4.78 is 8.74. The molecule has 4 aromatic rings. The van der Waals surface area contributed by atoms with Gasteiger partial charge in [-0.15, -0.1) is 0 Å². The Morgan fingerprint density at radius 1 is 1.10 bits per heavy atom. The van der Waals surface area contributed by atoms with E-state index < -0.39 is 5.60 Å². The maximum absolute atomic E-state index is 13.4. The van der Waals surface area contributed by atoms with Crippen molar-refractivity contribution in [2.45, 2.75) is 31.0 Å². The Kier molecular flexibility index (Phi) is 7.41. The monoisotopic (exact) mass is 581 g/mol. The van der Waals surface area contributed by atoms with Crippen LogP contribution in [-0.4, -0.2) is 68.5 Å². The number of hydrogen-bond acceptors (Lipinski definition) is 6. The fourth-order valence-corrected chi connectivity index (χ4v) is 5.87. The van der Waals surface area contributed by atoms with Crippen LogP contribution in [0.3, 0.4) is 0 Å². The smallest absolute Gasteiger partial charge is 0.262 e. The van der Waals surface area contributed by atoms with Gasteiger partial charge in [-0.05, 0) is 60.9 Å². The van der Waals surface area contributed by atoms with Crippen LogP contribution in [0.2, 0.25) is 10.2 Å². The van der Waals surface area contributed by atoms with E-state index >= 15 is 0 Å². The molecule has 6 rings (SSSR count). The SMILES string of the molecule is O=C(c1ccc(Cl)cc1)N1CCC(O)(Cn2cnc3c(cc(Cl)n3-c3ccc(C4COCCN4)cc3)c2=O)CC1. The third-order valence-corrected chi connectivity index (χ3v) is 8.28. The van der Waals surface area contributed by atoms with Crippen LogP contribution in [-0.2, 0) is 11.3 Å². The minimum atomic E-state index is -1.14. The maximum atomic E-state index is 13.4. The highest BCUT2D eigenvalue weighted by Crippen LogP contribution is 2.28. The van der Waals surface area contributed by atoms with Crippen LogP contribution >= 0.6 is 23.2 Å². The summed E-state index contributed by atoms with van der Waals surface area (Å²) in [4.78, 5) is 32.5. The number of piperidine rings is 1. The summed E-state index contributed by atoms with van der Waals surface area (Å²) in [7, 11) is 0. The number of aliphatic hydroxyl groups is 1. The summed E-state index contributed by atoms with van der Waals surface area (Å²) in [6.07, 6.45) is 2.13. The molecule has 1 unspecified atom stereocenters. The summed E-state index contributed by atoms with van der Waals surface area (Å²) in [6.45, 7) is 2.97. The van der Waals surface area contributed by atoms with E-state index in [2.05, 4.69) is 10.3 Å². The highest BCUT2D eigenvalue weighted by atomic mass is 35.5. The summed E-state index contributed by atoms with van der Waals surface area (Å²) in [6, 6.07) is 16.4. The predicted octanol–water partition coefficient (Wildman–Crippen LogP) is 3.82. The molecule has 208 valence electrons. The Morgan fingerprint density at radius 3 is 2.50 bits per heavy atom. The van der Waals surface area contributed by atoms with Gasteiger partial charge in [-0.2, -0.15) is 0 Å². The first-order chi connectivity index (χ1) is 19.3. The minimum Gasteiger partial charge on any atom is -0.388 e. The molecule has 0 saturated carbocycles. The van der Waals surface area contributed by atoms with Crippen LogP contribution < -0.4 is 10.9 Å². The molecule has 9 nitrogen and oxygen atoms in total. The molecule has 0 aliphatic carbocycles. The Balaban J connectivity index is 1.18. The van der Waals surface area contributed by atoms with Crippen molar-refractivity contribution >= 4 is 40.1 Å². The van der Waals surface area contributed by atoms with Crippen LogP contribution in [0.1, 0.15) is 34.8 Å². The first-order valence-corrected chi connectivity index (χ1v) is 14.0. The second-order valence-corrected chi connectivity index (χ2v) is 11.2. The number of morpholine rings is 1. The summed E-state index contributed by atoms with van der Waals surface area (Å²) in [5, 5.41) is 16.1. The van der Waals surface area contributed by atoms with Crippen molar-refractivity contribution < 1.29 is 14.6 Å². The number of aromatic nitrogens is 3. The van der Waals surface area contributed by atoms with Gasteiger partial charge in [-0.3, -0.25) is 18.7 Å². The quantitative estimate of drug-likeness (QED) is 0.371. The second-order valence-electron chi connectivity index (χ2n) is 10.4. The molecule has 2 saturated heterocycles. The van der Waals surface area contributed by atoms with Crippen LogP contribution in [0.25, 0.3) is 16.7 Å². The molecule has 0 radical (unpaired) electrons. The summed E-state index contributed by atoms with van der Waals surface area (Å²) in [5.74, 6) is -0.105. The maximum Gasteiger partial charge on any atom is 0.262 e. The number of halogens is 2. The zero-order chi connectivity index (χ0) is 27.9. The molecule has 2 aromatic heterocycles. The van der Waals surface area contributed by atoms with Crippen molar-refractivity contribution in [3.05, 3.63) is 92.6 Å². The van der Waals surface area contributed by atoms with Gasteiger partial charge in [0, 0.05) is 35.9 Å². The van der Waals surface area contributed by atoms with Crippen LogP contribution in [0.15, 0.2) is 65.7 Å². The first kappa shape index (κ1) is 27.0. The van der Waals surface area contributed by atoms with Gasteiger partial charge in [0.1, 0.15) is 11.5 Å². The van der Waals surface area contributed by atoms with Gasteiger partial charge in [0.2, 0.25) is 0 Å². The lowest BCUT2D eigenvalue weighted by atomic mass is 9.91. The average molecular weight is 582 g/mol. The van der Waals surface area contributed by atoms with E-state index in [4.69, 9.17) is 27.9 Å². The molecule has 11 heteroatoms.